The molecule has 4 nitrogen and oxygen atoms in total. The maximum Gasteiger partial charge on any atom is 0.254 e. The van der Waals surface area contributed by atoms with Gasteiger partial charge in [-0.25, -0.2) is 0 Å². The van der Waals surface area contributed by atoms with Gasteiger partial charge in [-0.15, -0.1) is 11.3 Å². The van der Waals surface area contributed by atoms with E-state index in [0.29, 0.717) is 0 Å². The Morgan fingerprint density at radius 3 is 2.80 bits per heavy atom. The van der Waals surface area contributed by atoms with Gasteiger partial charge in [-0.1, -0.05) is 6.07 Å². The van der Waals surface area contributed by atoms with Crippen molar-refractivity contribution in [2.24, 2.45) is 0 Å². The average Bonchev–Trinajstić information content (AvgIpc) is 3.01. The highest BCUT2D eigenvalue weighted by Gasteiger charge is 2.41. The molecule has 112 valence electrons. The molecule has 0 aromatic carbocycles. The van der Waals surface area contributed by atoms with E-state index in [4.69, 9.17) is 4.74 Å². The molecule has 1 fully saturated rings. The van der Waals surface area contributed by atoms with Crippen LogP contribution in [-0.2, 0) is 16.0 Å². The zero-order chi connectivity index (χ0) is 14.4. The van der Waals surface area contributed by atoms with Crippen molar-refractivity contribution in [2.75, 3.05) is 33.3 Å². The minimum absolute atomic E-state index is 0.153. The van der Waals surface area contributed by atoms with Crippen molar-refractivity contribution in [3.8, 4) is 0 Å². The van der Waals surface area contributed by atoms with Crippen molar-refractivity contribution in [3.63, 3.8) is 0 Å². The number of piperidine rings is 1. The average molecular weight is 296 g/mol. The Morgan fingerprint density at radius 1 is 1.50 bits per heavy atom. The second kappa shape index (κ2) is 7.20. The Hall–Kier alpha value is -0.910. The van der Waals surface area contributed by atoms with Gasteiger partial charge in [-0.05, 0) is 50.7 Å². The molecule has 0 aliphatic carbocycles. The summed E-state index contributed by atoms with van der Waals surface area (Å²) in [5, 5.41) is 5.37. The third-order valence-corrected chi connectivity index (χ3v) is 5.01. The molecule has 1 N–H and O–H groups in total. The minimum atomic E-state index is -0.614. The predicted octanol–water partition coefficient (Wildman–Crippen LogP) is 1.91. The Bertz CT molecular complexity index is 414. The van der Waals surface area contributed by atoms with Crippen molar-refractivity contribution >= 4 is 17.2 Å². The van der Waals surface area contributed by atoms with Gasteiger partial charge in [0.25, 0.3) is 5.91 Å². The van der Waals surface area contributed by atoms with Gasteiger partial charge in [-0.2, -0.15) is 0 Å². The summed E-state index contributed by atoms with van der Waals surface area (Å²) in [6.45, 7) is 5.25. The van der Waals surface area contributed by atoms with Gasteiger partial charge < -0.3 is 15.0 Å². The molecule has 0 bridgehead atoms. The van der Waals surface area contributed by atoms with E-state index in [9.17, 15) is 4.79 Å². The number of amides is 1. The number of carbonyl (C=O) groups is 1. The van der Waals surface area contributed by atoms with Gasteiger partial charge in [0, 0.05) is 25.1 Å². The zero-order valence-electron chi connectivity index (χ0n) is 12.4. The SMILES string of the molecule is CCN(CCc1cccs1)C(=O)C1(OC)CCNCC1. The number of nitrogens with zero attached hydrogens (tertiary/aromatic N) is 1. The van der Waals surface area contributed by atoms with Gasteiger partial charge in [-0.3, -0.25) is 4.79 Å². The van der Waals surface area contributed by atoms with E-state index in [1.165, 1.54) is 4.88 Å². The minimum Gasteiger partial charge on any atom is -0.368 e. The fourth-order valence-electron chi connectivity index (χ4n) is 2.73. The molecule has 1 aliphatic heterocycles. The molecule has 2 heterocycles. The molecule has 0 radical (unpaired) electrons. The number of thiophene rings is 1. The van der Waals surface area contributed by atoms with Crippen molar-refractivity contribution in [1.82, 2.24) is 10.2 Å². The van der Waals surface area contributed by atoms with Crippen molar-refractivity contribution < 1.29 is 9.53 Å². The van der Waals surface area contributed by atoms with Crippen LogP contribution in [0.1, 0.15) is 24.6 Å². The van der Waals surface area contributed by atoms with Crippen LogP contribution >= 0.6 is 11.3 Å². The number of likely N-dealkylation sites (N-methyl/N-ethyl adjacent to an activating group) is 1. The molecule has 20 heavy (non-hydrogen) atoms. The van der Waals surface area contributed by atoms with E-state index in [1.807, 2.05) is 11.8 Å². The number of hydrogen-bond acceptors (Lipinski definition) is 4. The first-order chi connectivity index (χ1) is 9.72. The fraction of sp³-hybridized carbons (Fsp3) is 0.667. The normalized spacial score (nSPS) is 17.9. The molecule has 1 aliphatic rings. The molecule has 5 heteroatoms. The summed E-state index contributed by atoms with van der Waals surface area (Å²) in [7, 11) is 1.66. The van der Waals surface area contributed by atoms with E-state index in [2.05, 4.69) is 22.8 Å². The first-order valence-electron chi connectivity index (χ1n) is 7.29. The van der Waals surface area contributed by atoms with Crippen LogP contribution in [0.2, 0.25) is 0 Å². The van der Waals surface area contributed by atoms with E-state index < -0.39 is 5.60 Å². The Kier molecular flexibility index (Phi) is 5.57. The van der Waals surface area contributed by atoms with E-state index in [-0.39, 0.29) is 5.91 Å². The maximum atomic E-state index is 12.8. The summed E-state index contributed by atoms with van der Waals surface area (Å²) < 4.78 is 5.63. The summed E-state index contributed by atoms with van der Waals surface area (Å²) in [5.74, 6) is 0.153. The van der Waals surface area contributed by atoms with E-state index in [0.717, 1.165) is 45.4 Å². The largest absolute Gasteiger partial charge is 0.368 e. The van der Waals surface area contributed by atoms with E-state index in [1.54, 1.807) is 18.4 Å². The molecule has 0 saturated carbocycles. The second-order valence-corrected chi connectivity index (χ2v) is 6.19. The van der Waals surface area contributed by atoms with Crippen LogP contribution < -0.4 is 5.32 Å². The van der Waals surface area contributed by atoms with Gasteiger partial charge >= 0.3 is 0 Å². The van der Waals surface area contributed by atoms with Crippen molar-refractivity contribution in [3.05, 3.63) is 22.4 Å². The first kappa shape index (κ1) is 15.5. The van der Waals surface area contributed by atoms with Gasteiger partial charge in [0.1, 0.15) is 5.60 Å². The standard InChI is InChI=1S/C15H24N2O2S/c1-3-17(11-6-13-5-4-12-20-13)14(18)15(19-2)7-9-16-10-8-15/h4-5,12,16H,3,6-11H2,1-2H3. The monoisotopic (exact) mass is 296 g/mol. The molecule has 0 atom stereocenters. The van der Waals surface area contributed by atoms with Crippen LogP contribution in [0.3, 0.4) is 0 Å². The van der Waals surface area contributed by atoms with Crippen LogP contribution in [0.4, 0.5) is 0 Å². The summed E-state index contributed by atoms with van der Waals surface area (Å²) in [4.78, 5) is 16.1. The second-order valence-electron chi connectivity index (χ2n) is 5.16. The number of carbonyl (C=O) groups excluding carboxylic acids is 1. The molecule has 0 spiro atoms. The molecule has 1 saturated heterocycles. The molecular weight excluding hydrogens is 272 g/mol. The predicted molar refractivity (Wildman–Crippen MR) is 82.1 cm³/mol. The maximum absolute atomic E-state index is 12.8. The molecule has 0 unspecified atom stereocenters. The molecule has 2 rings (SSSR count). The lowest BCUT2D eigenvalue weighted by molar-refractivity contribution is -0.158. The van der Waals surface area contributed by atoms with Gasteiger partial charge in [0.2, 0.25) is 0 Å². The quantitative estimate of drug-likeness (QED) is 0.872. The highest BCUT2D eigenvalue weighted by Crippen LogP contribution is 2.25. The Morgan fingerprint density at radius 2 is 2.25 bits per heavy atom. The lowest BCUT2D eigenvalue weighted by Crippen LogP contribution is -2.55. The van der Waals surface area contributed by atoms with E-state index >= 15 is 0 Å². The van der Waals surface area contributed by atoms with Crippen molar-refractivity contribution in [1.29, 1.82) is 0 Å². The highest BCUT2D eigenvalue weighted by molar-refractivity contribution is 7.09. The van der Waals surface area contributed by atoms with Gasteiger partial charge in [0.15, 0.2) is 0 Å². The Balaban J connectivity index is 1.99. The lowest BCUT2D eigenvalue weighted by Gasteiger charge is -2.38. The topological polar surface area (TPSA) is 41.6 Å². The van der Waals surface area contributed by atoms with Crippen LogP contribution in [-0.4, -0.2) is 49.7 Å². The first-order valence-corrected chi connectivity index (χ1v) is 8.17. The smallest absolute Gasteiger partial charge is 0.254 e. The highest BCUT2D eigenvalue weighted by atomic mass is 32.1. The zero-order valence-corrected chi connectivity index (χ0v) is 13.2. The third-order valence-electron chi connectivity index (χ3n) is 4.07. The number of hydrogen-bond donors (Lipinski definition) is 1. The summed E-state index contributed by atoms with van der Waals surface area (Å²) in [5.41, 5.74) is -0.614. The number of ether oxygens (including phenoxy) is 1. The van der Waals surface area contributed by atoms with Crippen LogP contribution in [0.5, 0.6) is 0 Å². The molecular formula is C15H24N2O2S. The van der Waals surface area contributed by atoms with Gasteiger partial charge in [0.05, 0.1) is 0 Å². The van der Waals surface area contributed by atoms with Crippen LogP contribution in [0, 0.1) is 0 Å². The summed E-state index contributed by atoms with van der Waals surface area (Å²) in [6.07, 6.45) is 2.45. The molecule has 1 amide bonds. The summed E-state index contributed by atoms with van der Waals surface area (Å²) in [6, 6.07) is 4.18. The van der Waals surface area contributed by atoms with Crippen LogP contribution in [0.15, 0.2) is 17.5 Å². The number of methoxy groups -OCH3 is 1. The van der Waals surface area contributed by atoms with Crippen molar-refractivity contribution in [2.45, 2.75) is 31.8 Å². The number of nitrogens with one attached hydrogen (secondary N) is 1. The molecule has 1 aromatic heterocycles. The third kappa shape index (κ3) is 3.40. The molecule has 1 aromatic rings. The lowest BCUT2D eigenvalue weighted by atomic mass is 9.90. The number of rotatable bonds is 6. The Labute approximate surface area is 125 Å². The summed E-state index contributed by atoms with van der Waals surface area (Å²) >= 11 is 1.75. The fourth-order valence-corrected chi connectivity index (χ4v) is 3.43. The van der Waals surface area contributed by atoms with Crippen LogP contribution in [0.25, 0.3) is 0 Å².